The average molecular weight is 374 g/mol. The van der Waals surface area contributed by atoms with E-state index in [1.54, 1.807) is 43.3 Å². The van der Waals surface area contributed by atoms with Crippen molar-refractivity contribution < 1.29 is 9.18 Å². The van der Waals surface area contributed by atoms with Crippen LogP contribution in [-0.2, 0) is 4.79 Å². The number of hydrogen-bond donors (Lipinski definition) is 1. The fourth-order valence-corrected chi connectivity index (χ4v) is 2.34. The Labute approximate surface area is 141 Å². The predicted octanol–water partition coefficient (Wildman–Crippen LogP) is 3.77. The Bertz CT molecular complexity index is 798. The normalized spacial score (nSPS) is 12.3. The number of amides is 1. The molecule has 2 rings (SSSR count). The van der Waals surface area contributed by atoms with Crippen molar-refractivity contribution in [2.24, 2.45) is 0 Å². The highest BCUT2D eigenvalue weighted by molar-refractivity contribution is 9.10. The lowest BCUT2D eigenvalue weighted by Gasteiger charge is -2.14. The number of benzene rings is 1. The van der Waals surface area contributed by atoms with Gasteiger partial charge in [-0.25, -0.2) is 9.37 Å². The van der Waals surface area contributed by atoms with E-state index in [9.17, 15) is 14.4 Å². The molecule has 0 fully saturated rings. The molecule has 0 aliphatic carbocycles. The van der Waals surface area contributed by atoms with Crippen molar-refractivity contribution in [2.45, 2.75) is 13.0 Å². The third-order valence-electron chi connectivity index (χ3n) is 3.11. The van der Waals surface area contributed by atoms with Gasteiger partial charge >= 0.3 is 0 Å². The largest absolute Gasteiger partial charge is 0.345 e. The lowest BCUT2D eigenvalue weighted by molar-refractivity contribution is -0.117. The van der Waals surface area contributed by atoms with Crippen LogP contribution in [-0.4, -0.2) is 10.9 Å². The van der Waals surface area contributed by atoms with Crippen LogP contribution in [0.25, 0.3) is 6.08 Å². The monoisotopic (exact) mass is 373 g/mol. The predicted molar refractivity (Wildman–Crippen MR) is 88.5 cm³/mol. The number of rotatable bonds is 4. The fraction of sp³-hybridized carbons (Fsp3) is 0.118. The zero-order valence-electron chi connectivity index (χ0n) is 12.3. The molecule has 1 N–H and O–H groups in total. The van der Waals surface area contributed by atoms with E-state index in [2.05, 4.69) is 26.2 Å². The van der Waals surface area contributed by atoms with Gasteiger partial charge in [0.2, 0.25) is 0 Å². The highest BCUT2D eigenvalue weighted by Gasteiger charge is 2.16. The Morgan fingerprint density at radius 3 is 2.74 bits per heavy atom. The molecule has 1 aromatic carbocycles. The van der Waals surface area contributed by atoms with Gasteiger partial charge in [0.25, 0.3) is 5.91 Å². The van der Waals surface area contributed by atoms with E-state index in [1.807, 2.05) is 6.07 Å². The van der Waals surface area contributed by atoms with Crippen LogP contribution in [0.3, 0.4) is 0 Å². The summed E-state index contributed by atoms with van der Waals surface area (Å²) in [6.07, 6.45) is 1.38. The van der Waals surface area contributed by atoms with Crippen LogP contribution in [0.2, 0.25) is 0 Å². The van der Waals surface area contributed by atoms with Crippen molar-refractivity contribution in [3.05, 3.63) is 69.7 Å². The Morgan fingerprint density at radius 1 is 1.35 bits per heavy atom. The molecule has 1 heterocycles. The minimum atomic E-state index is -0.579. The molecular weight excluding hydrogens is 361 g/mol. The summed E-state index contributed by atoms with van der Waals surface area (Å²) in [5, 5.41) is 11.8. The van der Waals surface area contributed by atoms with Crippen LogP contribution < -0.4 is 5.32 Å². The first-order valence-electron chi connectivity index (χ1n) is 6.81. The number of carbonyl (C=O) groups excluding carboxylic acids is 1. The second kappa shape index (κ2) is 7.65. The van der Waals surface area contributed by atoms with Gasteiger partial charge in [-0.3, -0.25) is 4.79 Å². The Balaban J connectivity index is 2.18. The standard InChI is InChI=1S/C17H13BrFN3O/c1-11(14-6-2-3-7-15(14)19)21-17(23)12(10-20)9-13-5-4-8-16(18)22-13/h2-9,11H,1H3,(H,21,23)/b12-9+. The number of nitrogens with one attached hydrogen (secondary N) is 1. The van der Waals surface area contributed by atoms with Crippen LogP contribution in [0.4, 0.5) is 4.39 Å². The molecular formula is C17H13BrFN3O. The molecule has 4 nitrogen and oxygen atoms in total. The second-order valence-electron chi connectivity index (χ2n) is 4.77. The second-order valence-corrected chi connectivity index (χ2v) is 5.58. The first-order chi connectivity index (χ1) is 11.0. The zero-order valence-corrected chi connectivity index (χ0v) is 13.8. The van der Waals surface area contributed by atoms with Gasteiger partial charge in [-0.15, -0.1) is 0 Å². The first-order valence-corrected chi connectivity index (χ1v) is 7.60. The molecule has 1 unspecified atom stereocenters. The topological polar surface area (TPSA) is 65.8 Å². The van der Waals surface area contributed by atoms with Crippen molar-refractivity contribution in [2.75, 3.05) is 0 Å². The third kappa shape index (κ3) is 4.47. The van der Waals surface area contributed by atoms with Crippen LogP contribution >= 0.6 is 15.9 Å². The summed E-state index contributed by atoms with van der Waals surface area (Å²) in [7, 11) is 0. The minimum absolute atomic E-state index is 0.0983. The van der Waals surface area contributed by atoms with Gasteiger partial charge in [0.05, 0.1) is 11.7 Å². The molecule has 1 aromatic heterocycles. The lowest BCUT2D eigenvalue weighted by atomic mass is 10.1. The summed E-state index contributed by atoms with van der Waals surface area (Å²) in [6.45, 7) is 1.66. The molecule has 6 heteroatoms. The molecule has 1 atom stereocenters. The van der Waals surface area contributed by atoms with Gasteiger partial charge in [-0.2, -0.15) is 5.26 Å². The smallest absolute Gasteiger partial charge is 0.262 e. The summed E-state index contributed by atoms with van der Waals surface area (Å²) in [5.74, 6) is -0.985. The van der Waals surface area contributed by atoms with Crippen molar-refractivity contribution in [1.29, 1.82) is 5.26 Å². The number of halogens is 2. The van der Waals surface area contributed by atoms with E-state index < -0.39 is 17.8 Å². The summed E-state index contributed by atoms with van der Waals surface area (Å²) >= 11 is 3.22. The Kier molecular flexibility index (Phi) is 5.61. The minimum Gasteiger partial charge on any atom is -0.345 e. The lowest BCUT2D eigenvalue weighted by Crippen LogP contribution is -2.28. The molecule has 0 radical (unpaired) electrons. The average Bonchev–Trinajstić information content (AvgIpc) is 2.52. The van der Waals surface area contributed by atoms with Crippen LogP contribution in [0.5, 0.6) is 0 Å². The van der Waals surface area contributed by atoms with Gasteiger partial charge in [0.1, 0.15) is 22.1 Å². The molecule has 0 saturated heterocycles. The van der Waals surface area contributed by atoms with E-state index in [4.69, 9.17) is 0 Å². The number of aromatic nitrogens is 1. The number of nitrogens with zero attached hydrogens (tertiary/aromatic N) is 2. The number of hydrogen-bond acceptors (Lipinski definition) is 3. The van der Waals surface area contributed by atoms with Gasteiger partial charge in [0.15, 0.2) is 0 Å². The van der Waals surface area contributed by atoms with E-state index in [0.29, 0.717) is 15.9 Å². The van der Waals surface area contributed by atoms with E-state index in [1.165, 1.54) is 12.1 Å². The molecule has 116 valence electrons. The fourth-order valence-electron chi connectivity index (χ4n) is 1.98. The van der Waals surface area contributed by atoms with Gasteiger partial charge < -0.3 is 5.32 Å². The summed E-state index contributed by atoms with van der Waals surface area (Å²) < 4.78 is 14.3. The maximum atomic E-state index is 13.7. The molecule has 2 aromatic rings. The molecule has 0 saturated carbocycles. The van der Waals surface area contributed by atoms with Crippen LogP contribution in [0, 0.1) is 17.1 Å². The van der Waals surface area contributed by atoms with Gasteiger partial charge in [-0.05, 0) is 47.1 Å². The highest BCUT2D eigenvalue weighted by atomic mass is 79.9. The third-order valence-corrected chi connectivity index (χ3v) is 3.55. The first kappa shape index (κ1) is 16.8. The summed E-state index contributed by atoms with van der Waals surface area (Å²) in [6, 6.07) is 12.6. The maximum absolute atomic E-state index is 13.7. The zero-order chi connectivity index (χ0) is 16.8. The number of nitriles is 1. The van der Waals surface area contributed by atoms with Gasteiger partial charge in [-0.1, -0.05) is 24.3 Å². The molecule has 23 heavy (non-hydrogen) atoms. The summed E-state index contributed by atoms with van der Waals surface area (Å²) in [4.78, 5) is 16.3. The van der Waals surface area contributed by atoms with Crippen molar-refractivity contribution in [3.63, 3.8) is 0 Å². The van der Waals surface area contributed by atoms with Crippen LogP contribution in [0.15, 0.2) is 52.6 Å². The maximum Gasteiger partial charge on any atom is 0.262 e. The molecule has 0 bridgehead atoms. The molecule has 1 amide bonds. The SMILES string of the molecule is CC(NC(=O)/C(C#N)=C/c1cccc(Br)n1)c1ccccc1F. The van der Waals surface area contributed by atoms with E-state index >= 15 is 0 Å². The van der Waals surface area contributed by atoms with Crippen molar-refractivity contribution in [1.82, 2.24) is 10.3 Å². The van der Waals surface area contributed by atoms with E-state index in [-0.39, 0.29) is 5.57 Å². The quantitative estimate of drug-likeness (QED) is 0.503. The van der Waals surface area contributed by atoms with Crippen molar-refractivity contribution in [3.8, 4) is 6.07 Å². The summed E-state index contributed by atoms with van der Waals surface area (Å²) in [5.41, 5.74) is 0.738. The van der Waals surface area contributed by atoms with Crippen molar-refractivity contribution >= 4 is 27.9 Å². The molecule has 0 aliphatic rings. The Morgan fingerprint density at radius 2 is 2.09 bits per heavy atom. The highest BCUT2D eigenvalue weighted by Crippen LogP contribution is 2.17. The number of carbonyl (C=O) groups is 1. The van der Waals surface area contributed by atoms with Crippen LogP contribution in [0.1, 0.15) is 24.2 Å². The number of pyridine rings is 1. The van der Waals surface area contributed by atoms with Gasteiger partial charge in [0, 0.05) is 5.56 Å². The Hall–Kier alpha value is -2.52. The molecule has 0 aliphatic heterocycles. The molecule has 0 spiro atoms. The van der Waals surface area contributed by atoms with E-state index in [0.717, 1.165) is 0 Å².